The molecule has 2 rings (SSSR count). The van der Waals surface area contributed by atoms with Gasteiger partial charge in [-0.3, -0.25) is 4.79 Å². The van der Waals surface area contributed by atoms with Gasteiger partial charge in [-0.1, -0.05) is 11.6 Å². The molecule has 0 spiro atoms. The zero-order valence-electron chi connectivity index (χ0n) is 10.7. The molecule has 0 saturated carbocycles. The minimum atomic E-state index is -0.143. The maximum Gasteiger partial charge on any atom is 0.255 e. The number of hydrogen-bond acceptors (Lipinski definition) is 4. The average molecular weight is 296 g/mol. The van der Waals surface area contributed by atoms with Crippen LogP contribution in [0.1, 0.15) is 21.1 Å². The summed E-state index contributed by atoms with van der Waals surface area (Å²) in [5.74, 6) is -0.143. The van der Waals surface area contributed by atoms with Gasteiger partial charge in [-0.2, -0.15) is 0 Å². The first kappa shape index (κ1) is 13.8. The molecule has 0 atom stereocenters. The molecule has 0 radical (unpaired) electrons. The van der Waals surface area contributed by atoms with Crippen molar-refractivity contribution in [2.24, 2.45) is 0 Å². The van der Waals surface area contributed by atoms with Crippen LogP contribution in [0.5, 0.6) is 0 Å². The van der Waals surface area contributed by atoms with Crippen LogP contribution in [-0.4, -0.2) is 22.8 Å². The molecular formula is C13H14ClN3OS. The van der Waals surface area contributed by atoms with Crippen molar-refractivity contribution in [1.82, 2.24) is 9.88 Å². The second-order valence-electron chi connectivity index (χ2n) is 4.26. The molecule has 0 aliphatic rings. The summed E-state index contributed by atoms with van der Waals surface area (Å²) in [6.07, 6.45) is 0. The Bertz CT molecular complexity index is 612. The Morgan fingerprint density at radius 2 is 2.26 bits per heavy atom. The number of nitrogens with two attached hydrogens (primary N) is 1. The summed E-state index contributed by atoms with van der Waals surface area (Å²) in [7, 11) is 1.73. The van der Waals surface area contributed by atoms with Crippen molar-refractivity contribution in [3.8, 4) is 0 Å². The van der Waals surface area contributed by atoms with Crippen LogP contribution in [0.2, 0.25) is 5.02 Å². The molecule has 1 aromatic carbocycles. The topological polar surface area (TPSA) is 59.2 Å². The molecular weight excluding hydrogens is 282 g/mol. The van der Waals surface area contributed by atoms with E-state index >= 15 is 0 Å². The molecule has 0 fully saturated rings. The van der Waals surface area contributed by atoms with Gasteiger partial charge in [-0.15, -0.1) is 11.3 Å². The molecule has 4 nitrogen and oxygen atoms in total. The van der Waals surface area contributed by atoms with Crippen molar-refractivity contribution in [2.75, 3.05) is 12.8 Å². The Morgan fingerprint density at radius 3 is 2.84 bits per heavy atom. The number of thiazole rings is 1. The molecule has 0 saturated heterocycles. The summed E-state index contributed by atoms with van der Waals surface area (Å²) in [4.78, 5) is 18.2. The van der Waals surface area contributed by atoms with Gasteiger partial charge in [0, 0.05) is 18.1 Å². The van der Waals surface area contributed by atoms with Gasteiger partial charge in [-0.05, 0) is 25.1 Å². The SMILES string of the molecule is Cc1nc(CN(C)C(=O)c2ccc(N)cc2Cl)cs1. The second kappa shape index (κ2) is 5.59. The molecule has 1 amide bonds. The van der Waals surface area contributed by atoms with Crippen molar-refractivity contribution >= 4 is 34.5 Å². The van der Waals surface area contributed by atoms with E-state index in [1.165, 1.54) is 0 Å². The minimum Gasteiger partial charge on any atom is -0.399 e. The van der Waals surface area contributed by atoms with Gasteiger partial charge >= 0.3 is 0 Å². The Hall–Kier alpha value is -1.59. The Balaban J connectivity index is 2.14. The maximum atomic E-state index is 12.3. The van der Waals surface area contributed by atoms with Crippen LogP contribution in [0.15, 0.2) is 23.6 Å². The predicted octanol–water partition coefficient (Wildman–Crippen LogP) is 2.96. The highest BCUT2D eigenvalue weighted by molar-refractivity contribution is 7.09. The number of hydrogen-bond donors (Lipinski definition) is 1. The highest BCUT2D eigenvalue weighted by Crippen LogP contribution is 2.21. The molecule has 0 unspecified atom stereocenters. The van der Waals surface area contributed by atoms with Crippen LogP contribution in [0.25, 0.3) is 0 Å². The van der Waals surface area contributed by atoms with Crippen molar-refractivity contribution in [2.45, 2.75) is 13.5 Å². The molecule has 0 aliphatic heterocycles. The van der Waals surface area contributed by atoms with E-state index in [-0.39, 0.29) is 5.91 Å². The van der Waals surface area contributed by atoms with Gasteiger partial charge in [0.25, 0.3) is 5.91 Å². The fourth-order valence-electron chi connectivity index (χ4n) is 1.71. The zero-order valence-corrected chi connectivity index (χ0v) is 12.3. The third-order valence-corrected chi connectivity index (χ3v) is 3.77. The number of halogens is 1. The lowest BCUT2D eigenvalue weighted by Gasteiger charge is -2.16. The number of rotatable bonds is 3. The summed E-state index contributed by atoms with van der Waals surface area (Å²) < 4.78 is 0. The van der Waals surface area contributed by atoms with Crippen molar-refractivity contribution < 1.29 is 4.79 Å². The van der Waals surface area contributed by atoms with E-state index in [4.69, 9.17) is 17.3 Å². The highest BCUT2D eigenvalue weighted by atomic mass is 35.5. The summed E-state index contributed by atoms with van der Waals surface area (Å²) in [6, 6.07) is 4.89. The van der Waals surface area contributed by atoms with Gasteiger partial charge in [-0.25, -0.2) is 4.98 Å². The largest absolute Gasteiger partial charge is 0.399 e. The predicted molar refractivity (Wildman–Crippen MR) is 78.5 cm³/mol. The number of carbonyl (C=O) groups excluding carboxylic acids is 1. The Labute approximate surface area is 120 Å². The number of nitrogen functional groups attached to an aromatic ring is 1. The number of nitrogens with zero attached hydrogens (tertiary/aromatic N) is 2. The lowest BCUT2D eigenvalue weighted by Crippen LogP contribution is -2.26. The van der Waals surface area contributed by atoms with Crippen molar-refractivity contribution in [3.05, 3.63) is 44.9 Å². The van der Waals surface area contributed by atoms with Gasteiger partial charge in [0.1, 0.15) is 0 Å². The zero-order chi connectivity index (χ0) is 14.0. The van der Waals surface area contributed by atoms with E-state index in [1.807, 2.05) is 12.3 Å². The smallest absolute Gasteiger partial charge is 0.255 e. The van der Waals surface area contributed by atoms with E-state index in [1.54, 1.807) is 41.5 Å². The van der Waals surface area contributed by atoms with Crippen LogP contribution >= 0.6 is 22.9 Å². The summed E-state index contributed by atoms with van der Waals surface area (Å²) in [5.41, 5.74) is 7.48. The Kier molecular flexibility index (Phi) is 4.07. The number of aryl methyl sites for hydroxylation is 1. The third kappa shape index (κ3) is 3.24. The van der Waals surface area contributed by atoms with E-state index in [0.717, 1.165) is 10.7 Å². The first-order valence-corrected chi connectivity index (χ1v) is 6.94. The number of anilines is 1. The van der Waals surface area contributed by atoms with Crippen LogP contribution < -0.4 is 5.73 Å². The monoisotopic (exact) mass is 295 g/mol. The number of benzene rings is 1. The van der Waals surface area contributed by atoms with Gasteiger partial charge in [0.05, 0.1) is 27.8 Å². The molecule has 0 aliphatic carbocycles. The van der Waals surface area contributed by atoms with Crippen molar-refractivity contribution in [1.29, 1.82) is 0 Å². The summed E-state index contributed by atoms with van der Waals surface area (Å²) in [5, 5.41) is 3.30. The summed E-state index contributed by atoms with van der Waals surface area (Å²) >= 11 is 7.60. The molecule has 0 bridgehead atoms. The van der Waals surface area contributed by atoms with Crippen LogP contribution in [-0.2, 0) is 6.54 Å². The number of carbonyl (C=O) groups is 1. The van der Waals surface area contributed by atoms with Gasteiger partial charge in [0.2, 0.25) is 0 Å². The molecule has 100 valence electrons. The quantitative estimate of drug-likeness (QED) is 0.886. The molecule has 6 heteroatoms. The molecule has 1 aromatic heterocycles. The van der Waals surface area contributed by atoms with Crippen LogP contribution in [0, 0.1) is 6.92 Å². The van der Waals surface area contributed by atoms with Crippen molar-refractivity contribution in [3.63, 3.8) is 0 Å². The molecule has 1 heterocycles. The van der Waals surface area contributed by atoms with E-state index in [2.05, 4.69) is 4.98 Å². The first-order chi connectivity index (χ1) is 8.97. The molecule has 2 aromatic rings. The van der Waals surface area contributed by atoms with E-state index in [0.29, 0.717) is 22.8 Å². The minimum absolute atomic E-state index is 0.143. The highest BCUT2D eigenvalue weighted by Gasteiger charge is 2.16. The van der Waals surface area contributed by atoms with Crippen LogP contribution in [0.4, 0.5) is 5.69 Å². The second-order valence-corrected chi connectivity index (χ2v) is 5.73. The average Bonchev–Trinajstić information content (AvgIpc) is 2.74. The van der Waals surface area contributed by atoms with Gasteiger partial charge in [0.15, 0.2) is 0 Å². The van der Waals surface area contributed by atoms with E-state index < -0.39 is 0 Å². The van der Waals surface area contributed by atoms with Crippen LogP contribution in [0.3, 0.4) is 0 Å². The van der Waals surface area contributed by atoms with E-state index in [9.17, 15) is 4.79 Å². The van der Waals surface area contributed by atoms with Gasteiger partial charge < -0.3 is 10.6 Å². The summed E-state index contributed by atoms with van der Waals surface area (Å²) in [6.45, 7) is 2.40. The maximum absolute atomic E-state index is 12.3. The normalized spacial score (nSPS) is 10.5. The lowest BCUT2D eigenvalue weighted by molar-refractivity contribution is 0.0784. The fourth-order valence-corrected chi connectivity index (χ4v) is 2.58. The third-order valence-electron chi connectivity index (χ3n) is 2.64. The lowest BCUT2D eigenvalue weighted by atomic mass is 10.2. The fraction of sp³-hybridized carbons (Fsp3) is 0.231. The standard InChI is InChI=1S/C13H14ClN3OS/c1-8-16-10(7-19-8)6-17(2)13(18)11-4-3-9(15)5-12(11)14/h3-5,7H,6,15H2,1-2H3. The molecule has 19 heavy (non-hydrogen) atoms. The first-order valence-electron chi connectivity index (χ1n) is 5.69. The number of aromatic nitrogens is 1. The molecule has 2 N–H and O–H groups in total. The number of amides is 1. The Morgan fingerprint density at radius 1 is 1.53 bits per heavy atom.